The summed E-state index contributed by atoms with van der Waals surface area (Å²) in [5.41, 5.74) is 5.81. The number of hydrogen-bond donors (Lipinski definition) is 1. The summed E-state index contributed by atoms with van der Waals surface area (Å²) in [5, 5.41) is 17.2. The van der Waals surface area contributed by atoms with Crippen molar-refractivity contribution in [1.29, 1.82) is 10.5 Å². The van der Waals surface area contributed by atoms with Gasteiger partial charge in [0.1, 0.15) is 13.1 Å². The monoisotopic (exact) mass is 220 g/mol. The van der Waals surface area contributed by atoms with Crippen LogP contribution in [0.3, 0.4) is 0 Å². The third kappa shape index (κ3) is 3.22. The van der Waals surface area contributed by atoms with E-state index in [1.807, 2.05) is 12.1 Å². The number of nitrogens with zero attached hydrogens (tertiary/aromatic N) is 3. The van der Waals surface area contributed by atoms with Gasteiger partial charge >= 0.3 is 0 Å². The van der Waals surface area contributed by atoms with Gasteiger partial charge in [-0.3, -0.25) is 4.79 Å². The summed E-state index contributed by atoms with van der Waals surface area (Å²) in [4.78, 5) is 13.3. The van der Waals surface area contributed by atoms with Gasteiger partial charge in [-0.1, -0.05) is 6.42 Å². The average Bonchev–Trinajstić information content (AvgIpc) is 2.28. The molecule has 0 aromatic rings. The van der Waals surface area contributed by atoms with Crippen molar-refractivity contribution < 1.29 is 4.79 Å². The van der Waals surface area contributed by atoms with Crippen molar-refractivity contribution in [1.82, 2.24) is 4.90 Å². The predicted molar refractivity (Wildman–Crippen MR) is 57.7 cm³/mol. The Morgan fingerprint density at radius 2 is 1.94 bits per heavy atom. The van der Waals surface area contributed by atoms with Crippen molar-refractivity contribution in [3.8, 4) is 12.1 Å². The Kier molecular flexibility index (Phi) is 4.75. The zero-order valence-corrected chi connectivity index (χ0v) is 9.22. The lowest BCUT2D eigenvalue weighted by molar-refractivity contribution is -0.135. The first-order chi connectivity index (χ1) is 7.69. The highest BCUT2D eigenvalue weighted by Crippen LogP contribution is 2.24. The van der Waals surface area contributed by atoms with Crippen LogP contribution in [0.1, 0.15) is 25.7 Å². The van der Waals surface area contributed by atoms with Crippen LogP contribution in [0.4, 0.5) is 0 Å². The van der Waals surface area contributed by atoms with E-state index in [1.165, 1.54) is 4.90 Å². The van der Waals surface area contributed by atoms with Gasteiger partial charge in [0.25, 0.3) is 0 Å². The molecule has 0 aromatic heterocycles. The molecule has 2 unspecified atom stereocenters. The Hall–Kier alpha value is -1.59. The number of carbonyl (C=O) groups is 1. The number of amides is 1. The Bertz CT molecular complexity index is 312. The van der Waals surface area contributed by atoms with E-state index in [4.69, 9.17) is 16.3 Å². The molecule has 0 spiro atoms. The van der Waals surface area contributed by atoms with Crippen molar-refractivity contribution in [3.63, 3.8) is 0 Å². The molecule has 5 nitrogen and oxygen atoms in total. The van der Waals surface area contributed by atoms with Gasteiger partial charge in [0, 0.05) is 12.0 Å². The average molecular weight is 220 g/mol. The SMILES string of the molecule is N#CCN(CC#N)C(=O)C1CCCC(N)C1. The molecule has 0 aromatic carbocycles. The molecule has 0 saturated heterocycles. The van der Waals surface area contributed by atoms with Crippen LogP contribution >= 0.6 is 0 Å². The van der Waals surface area contributed by atoms with Crippen molar-refractivity contribution >= 4 is 5.91 Å². The second-order valence-electron chi connectivity index (χ2n) is 4.13. The molecule has 16 heavy (non-hydrogen) atoms. The van der Waals surface area contributed by atoms with Gasteiger partial charge in [0.2, 0.25) is 5.91 Å². The molecule has 1 aliphatic rings. The van der Waals surface area contributed by atoms with Gasteiger partial charge in [0.05, 0.1) is 12.1 Å². The number of rotatable bonds is 3. The Morgan fingerprint density at radius 1 is 1.31 bits per heavy atom. The summed E-state index contributed by atoms with van der Waals surface area (Å²) < 4.78 is 0. The fourth-order valence-corrected chi connectivity index (χ4v) is 2.09. The number of nitriles is 2. The molecule has 0 bridgehead atoms. The highest BCUT2D eigenvalue weighted by molar-refractivity contribution is 5.79. The highest BCUT2D eigenvalue weighted by Gasteiger charge is 2.28. The van der Waals surface area contributed by atoms with E-state index in [0.29, 0.717) is 6.42 Å². The zero-order valence-electron chi connectivity index (χ0n) is 9.22. The molecule has 0 aliphatic heterocycles. The lowest BCUT2D eigenvalue weighted by Crippen LogP contribution is -2.41. The molecule has 2 N–H and O–H groups in total. The molecule has 0 heterocycles. The fourth-order valence-electron chi connectivity index (χ4n) is 2.09. The van der Waals surface area contributed by atoms with Crippen molar-refractivity contribution in [2.24, 2.45) is 11.7 Å². The first-order valence-electron chi connectivity index (χ1n) is 5.47. The van der Waals surface area contributed by atoms with E-state index in [-0.39, 0.29) is 31.0 Å². The molecular formula is C11H16N4O. The number of carbonyl (C=O) groups excluding carboxylic acids is 1. The third-order valence-electron chi connectivity index (χ3n) is 2.90. The molecule has 1 rings (SSSR count). The maximum Gasteiger partial charge on any atom is 0.227 e. The molecule has 0 radical (unpaired) electrons. The molecule has 1 fully saturated rings. The van der Waals surface area contributed by atoms with Crippen LogP contribution in [0.25, 0.3) is 0 Å². The molecule has 86 valence electrons. The van der Waals surface area contributed by atoms with Gasteiger partial charge in [-0.05, 0) is 19.3 Å². The Balaban J connectivity index is 2.60. The van der Waals surface area contributed by atoms with Crippen LogP contribution < -0.4 is 5.73 Å². The van der Waals surface area contributed by atoms with E-state index in [9.17, 15) is 4.79 Å². The van der Waals surface area contributed by atoms with Gasteiger partial charge in [-0.2, -0.15) is 10.5 Å². The van der Waals surface area contributed by atoms with E-state index < -0.39 is 0 Å². The van der Waals surface area contributed by atoms with Gasteiger partial charge in [-0.25, -0.2) is 0 Å². The maximum atomic E-state index is 12.0. The van der Waals surface area contributed by atoms with Crippen molar-refractivity contribution in [3.05, 3.63) is 0 Å². The molecule has 5 heteroatoms. The van der Waals surface area contributed by atoms with E-state index in [0.717, 1.165) is 19.3 Å². The smallest absolute Gasteiger partial charge is 0.227 e. The van der Waals surface area contributed by atoms with Crippen LogP contribution in [0.15, 0.2) is 0 Å². The zero-order chi connectivity index (χ0) is 12.0. The molecule has 1 saturated carbocycles. The second kappa shape index (κ2) is 6.09. The summed E-state index contributed by atoms with van der Waals surface area (Å²) in [6.07, 6.45) is 3.40. The lowest BCUT2D eigenvalue weighted by atomic mass is 9.85. The lowest BCUT2D eigenvalue weighted by Gasteiger charge is -2.29. The van der Waals surface area contributed by atoms with Crippen LogP contribution in [-0.4, -0.2) is 29.9 Å². The van der Waals surface area contributed by atoms with Gasteiger partial charge in [0.15, 0.2) is 0 Å². The van der Waals surface area contributed by atoms with Crippen LogP contribution in [0.5, 0.6) is 0 Å². The number of hydrogen-bond acceptors (Lipinski definition) is 4. The van der Waals surface area contributed by atoms with Gasteiger partial charge in [-0.15, -0.1) is 0 Å². The third-order valence-corrected chi connectivity index (χ3v) is 2.90. The maximum absolute atomic E-state index is 12.0. The minimum Gasteiger partial charge on any atom is -0.328 e. The van der Waals surface area contributed by atoms with Crippen molar-refractivity contribution in [2.45, 2.75) is 31.7 Å². The summed E-state index contributed by atoms with van der Waals surface area (Å²) in [6.45, 7) is -0.0315. The van der Waals surface area contributed by atoms with Crippen LogP contribution in [0, 0.1) is 28.6 Å². The number of nitrogens with two attached hydrogens (primary N) is 1. The van der Waals surface area contributed by atoms with Crippen LogP contribution in [0.2, 0.25) is 0 Å². The Labute approximate surface area is 95.4 Å². The predicted octanol–water partition coefficient (Wildman–Crippen LogP) is 0.380. The van der Waals surface area contributed by atoms with Gasteiger partial charge < -0.3 is 10.6 Å². The molecule has 2 atom stereocenters. The summed E-state index contributed by atoms with van der Waals surface area (Å²) in [7, 11) is 0. The highest BCUT2D eigenvalue weighted by atomic mass is 16.2. The minimum atomic E-state index is -0.106. The largest absolute Gasteiger partial charge is 0.328 e. The minimum absolute atomic E-state index is 0.0157. The van der Waals surface area contributed by atoms with E-state index >= 15 is 0 Å². The van der Waals surface area contributed by atoms with Crippen LogP contribution in [-0.2, 0) is 4.79 Å². The first kappa shape index (κ1) is 12.5. The fraction of sp³-hybridized carbons (Fsp3) is 0.727. The Morgan fingerprint density at radius 3 is 2.44 bits per heavy atom. The molecule has 1 amide bonds. The molecular weight excluding hydrogens is 204 g/mol. The van der Waals surface area contributed by atoms with Crippen molar-refractivity contribution in [2.75, 3.05) is 13.1 Å². The summed E-state index contributed by atoms with van der Waals surface area (Å²) in [5.74, 6) is -0.205. The van der Waals surface area contributed by atoms with E-state index in [1.54, 1.807) is 0 Å². The topological polar surface area (TPSA) is 93.9 Å². The van der Waals surface area contributed by atoms with E-state index in [2.05, 4.69) is 0 Å². The summed E-state index contributed by atoms with van der Waals surface area (Å²) in [6, 6.07) is 3.89. The second-order valence-corrected chi connectivity index (χ2v) is 4.13. The molecule has 1 aliphatic carbocycles. The first-order valence-corrected chi connectivity index (χ1v) is 5.47. The normalized spacial score (nSPS) is 24.2. The quantitative estimate of drug-likeness (QED) is 0.695. The summed E-state index contributed by atoms with van der Waals surface area (Å²) >= 11 is 0. The standard InChI is InChI=1S/C11H16N4O/c12-4-6-15(7-5-13)11(16)9-2-1-3-10(14)8-9/h9-10H,1-3,6-8,14H2.